The summed E-state index contributed by atoms with van der Waals surface area (Å²) in [6, 6.07) is -0.140. The Balaban J connectivity index is 2.79. The van der Waals surface area contributed by atoms with Gasteiger partial charge < -0.3 is 10.2 Å². The van der Waals surface area contributed by atoms with Crippen LogP contribution in [0.25, 0.3) is 0 Å². The third-order valence-electron chi connectivity index (χ3n) is 3.01. The van der Waals surface area contributed by atoms with Gasteiger partial charge in [-0.1, -0.05) is 20.8 Å². The van der Waals surface area contributed by atoms with Crippen molar-refractivity contribution < 1.29 is 9.59 Å². The Hall–Kier alpha value is -1.06. The molecule has 1 aliphatic heterocycles. The number of rotatable bonds is 4. The highest BCUT2D eigenvalue weighted by atomic mass is 16.2. The summed E-state index contributed by atoms with van der Waals surface area (Å²) in [5, 5.41) is 2.64. The van der Waals surface area contributed by atoms with Crippen molar-refractivity contribution in [2.75, 3.05) is 6.54 Å². The van der Waals surface area contributed by atoms with Crippen molar-refractivity contribution in [1.29, 1.82) is 0 Å². The topological polar surface area (TPSA) is 49.4 Å². The molecule has 0 saturated carbocycles. The molecule has 2 unspecified atom stereocenters. The maximum atomic E-state index is 11.8. The van der Waals surface area contributed by atoms with Crippen molar-refractivity contribution in [2.24, 2.45) is 5.92 Å². The minimum absolute atomic E-state index is 0.0160. The molecular weight excluding hydrogens is 204 g/mol. The number of hydrogen-bond acceptors (Lipinski definition) is 2. The van der Waals surface area contributed by atoms with Crippen molar-refractivity contribution in [3.8, 4) is 0 Å². The molecule has 1 N–H and O–H groups in total. The molecule has 1 aliphatic rings. The number of amides is 2. The predicted octanol–water partition coefficient (Wildman–Crippen LogP) is 1.16. The van der Waals surface area contributed by atoms with Gasteiger partial charge in [0.1, 0.15) is 6.04 Å². The monoisotopic (exact) mass is 226 g/mol. The Morgan fingerprint density at radius 2 is 2.00 bits per heavy atom. The molecule has 92 valence electrons. The molecule has 0 aromatic heterocycles. The fourth-order valence-electron chi connectivity index (χ4n) is 2.40. The molecule has 0 bridgehead atoms. The average Bonchev–Trinajstić information content (AvgIpc) is 2.19. The van der Waals surface area contributed by atoms with Crippen LogP contribution in [-0.2, 0) is 9.59 Å². The number of nitrogens with one attached hydrogen (secondary N) is 1. The van der Waals surface area contributed by atoms with Crippen LogP contribution in [0.3, 0.4) is 0 Å². The van der Waals surface area contributed by atoms with Gasteiger partial charge in [-0.05, 0) is 25.7 Å². The van der Waals surface area contributed by atoms with Crippen LogP contribution >= 0.6 is 0 Å². The van der Waals surface area contributed by atoms with Crippen LogP contribution in [0.5, 0.6) is 0 Å². The smallest absolute Gasteiger partial charge is 0.243 e. The van der Waals surface area contributed by atoms with Gasteiger partial charge >= 0.3 is 0 Å². The summed E-state index contributed by atoms with van der Waals surface area (Å²) in [6.07, 6.45) is 1.62. The number of hydrogen-bond donors (Lipinski definition) is 1. The van der Waals surface area contributed by atoms with E-state index in [0.717, 1.165) is 6.42 Å². The predicted molar refractivity (Wildman–Crippen MR) is 62.9 cm³/mol. The lowest BCUT2D eigenvalue weighted by atomic mass is 9.99. The second-order valence-electron chi connectivity index (χ2n) is 4.92. The summed E-state index contributed by atoms with van der Waals surface area (Å²) in [6.45, 7) is 8.38. The first kappa shape index (κ1) is 13.0. The summed E-state index contributed by atoms with van der Waals surface area (Å²) in [5.41, 5.74) is 0. The maximum Gasteiger partial charge on any atom is 0.243 e. The summed E-state index contributed by atoms with van der Waals surface area (Å²) in [4.78, 5) is 25.3. The second kappa shape index (κ2) is 5.32. The summed E-state index contributed by atoms with van der Waals surface area (Å²) < 4.78 is 0. The summed E-state index contributed by atoms with van der Waals surface area (Å²) in [5.74, 6) is 0.558. The zero-order valence-corrected chi connectivity index (χ0v) is 10.6. The highest BCUT2D eigenvalue weighted by Crippen LogP contribution is 2.18. The molecular formula is C12H22N2O2. The highest BCUT2D eigenvalue weighted by Gasteiger charge is 2.35. The largest absolute Gasteiger partial charge is 0.345 e. The zero-order valence-electron chi connectivity index (χ0n) is 10.6. The molecule has 4 nitrogen and oxygen atoms in total. The van der Waals surface area contributed by atoms with E-state index < -0.39 is 0 Å². The van der Waals surface area contributed by atoms with Crippen LogP contribution in [0.15, 0.2) is 0 Å². The first-order valence-electron chi connectivity index (χ1n) is 6.06. The van der Waals surface area contributed by atoms with Crippen molar-refractivity contribution >= 4 is 11.8 Å². The molecule has 0 radical (unpaired) electrons. The van der Waals surface area contributed by atoms with E-state index in [9.17, 15) is 9.59 Å². The highest BCUT2D eigenvalue weighted by molar-refractivity contribution is 5.94. The van der Waals surface area contributed by atoms with Crippen LogP contribution in [0.1, 0.15) is 40.5 Å². The third kappa shape index (κ3) is 2.74. The minimum Gasteiger partial charge on any atom is -0.345 e. The minimum atomic E-state index is -0.282. The van der Waals surface area contributed by atoms with Crippen LogP contribution in [-0.4, -0.2) is 35.3 Å². The second-order valence-corrected chi connectivity index (χ2v) is 4.92. The van der Waals surface area contributed by atoms with Gasteiger partial charge in [0.05, 0.1) is 6.54 Å². The lowest BCUT2D eigenvalue weighted by molar-refractivity contribution is -0.148. The number of nitrogens with zero attached hydrogens (tertiary/aromatic N) is 1. The quantitative estimate of drug-likeness (QED) is 0.782. The molecule has 1 saturated heterocycles. The number of piperazine rings is 1. The van der Waals surface area contributed by atoms with E-state index in [1.54, 1.807) is 4.90 Å². The van der Waals surface area contributed by atoms with Gasteiger partial charge in [0, 0.05) is 6.04 Å². The van der Waals surface area contributed by atoms with Gasteiger partial charge in [0.15, 0.2) is 0 Å². The SMILES string of the molecule is CCC1C(=O)NCC(=O)N1C(C)CC(C)C. The fraction of sp³-hybridized carbons (Fsp3) is 0.833. The molecule has 1 rings (SSSR count). The molecule has 4 heteroatoms. The van der Waals surface area contributed by atoms with Gasteiger partial charge in [-0.3, -0.25) is 9.59 Å². The number of carbonyl (C=O) groups excluding carboxylic acids is 2. The van der Waals surface area contributed by atoms with Crippen LogP contribution < -0.4 is 5.32 Å². The molecule has 0 spiro atoms. The van der Waals surface area contributed by atoms with E-state index in [1.807, 2.05) is 13.8 Å². The molecule has 0 aliphatic carbocycles. The van der Waals surface area contributed by atoms with Gasteiger partial charge in [-0.25, -0.2) is 0 Å². The fourth-order valence-corrected chi connectivity index (χ4v) is 2.40. The van der Waals surface area contributed by atoms with Crippen LogP contribution in [0.4, 0.5) is 0 Å². The van der Waals surface area contributed by atoms with Crippen LogP contribution in [0, 0.1) is 5.92 Å². The van der Waals surface area contributed by atoms with E-state index in [1.165, 1.54) is 0 Å². The maximum absolute atomic E-state index is 11.8. The molecule has 0 aromatic rings. The van der Waals surface area contributed by atoms with E-state index >= 15 is 0 Å². The Bertz CT molecular complexity index is 276. The van der Waals surface area contributed by atoms with Gasteiger partial charge in [0.25, 0.3) is 0 Å². The normalized spacial score (nSPS) is 23.6. The Labute approximate surface area is 97.4 Å². The average molecular weight is 226 g/mol. The van der Waals surface area contributed by atoms with Crippen molar-refractivity contribution in [3.05, 3.63) is 0 Å². The zero-order chi connectivity index (χ0) is 12.3. The Morgan fingerprint density at radius 1 is 1.38 bits per heavy atom. The standard InChI is InChI=1S/C12H22N2O2/c1-5-10-12(16)13-7-11(15)14(10)9(4)6-8(2)3/h8-10H,5-7H2,1-4H3,(H,13,16). The van der Waals surface area contributed by atoms with E-state index in [4.69, 9.17) is 0 Å². The first-order valence-corrected chi connectivity index (χ1v) is 6.06. The molecule has 2 atom stereocenters. The number of carbonyl (C=O) groups is 2. The van der Waals surface area contributed by atoms with Gasteiger partial charge in [0.2, 0.25) is 11.8 Å². The molecule has 16 heavy (non-hydrogen) atoms. The van der Waals surface area contributed by atoms with Crippen molar-refractivity contribution in [3.63, 3.8) is 0 Å². The van der Waals surface area contributed by atoms with Crippen molar-refractivity contribution in [2.45, 2.75) is 52.6 Å². The van der Waals surface area contributed by atoms with Crippen LogP contribution in [0.2, 0.25) is 0 Å². The molecule has 1 fully saturated rings. The lowest BCUT2D eigenvalue weighted by Gasteiger charge is -2.39. The molecule has 2 amide bonds. The van der Waals surface area contributed by atoms with Gasteiger partial charge in [-0.2, -0.15) is 0 Å². The Morgan fingerprint density at radius 3 is 2.50 bits per heavy atom. The van der Waals surface area contributed by atoms with E-state index in [0.29, 0.717) is 12.3 Å². The van der Waals surface area contributed by atoms with Gasteiger partial charge in [-0.15, -0.1) is 0 Å². The summed E-state index contributed by atoms with van der Waals surface area (Å²) >= 11 is 0. The van der Waals surface area contributed by atoms with E-state index in [2.05, 4.69) is 19.2 Å². The Kier molecular flexibility index (Phi) is 4.33. The molecule has 0 aromatic carbocycles. The molecule has 1 heterocycles. The van der Waals surface area contributed by atoms with Crippen molar-refractivity contribution in [1.82, 2.24) is 10.2 Å². The summed E-state index contributed by atoms with van der Waals surface area (Å²) in [7, 11) is 0. The third-order valence-corrected chi connectivity index (χ3v) is 3.01. The van der Waals surface area contributed by atoms with E-state index in [-0.39, 0.29) is 30.4 Å². The lowest BCUT2D eigenvalue weighted by Crippen LogP contribution is -2.60. The first-order chi connectivity index (χ1) is 7.47.